The third-order valence-corrected chi connectivity index (χ3v) is 7.39. The molecule has 1 N–H and O–H groups in total. The van der Waals surface area contributed by atoms with Crippen LogP contribution >= 0.6 is 11.3 Å². The quantitative estimate of drug-likeness (QED) is 0.739. The van der Waals surface area contributed by atoms with Crippen LogP contribution in [0.1, 0.15) is 12.8 Å². The van der Waals surface area contributed by atoms with E-state index in [4.69, 9.17) is 0 Å². The maximum atomic E-state index is 13.9. The molecule has 0 atom stereocenters. The van der Waals surface area contributed by atoms with Crippen LogP contribution in [-0.2, 0) is 10.0 Å². The number of rotatable bonds is 4. The number of sulfonamides is 1. The van der Waals surface area contributed by atoms with Crippen molar-refractivity contribution in [2.45, 2.75) is 23.1 Å². The average molecular weight is 392 g/mol. The highest BCUT2D eigenvalue weighted by Crippen LogP contribution is 2.27. The van der Waals surface area contributed by atoms with Crippen molar-refractivity contribution in [1.29, 1.82) is 0 Å². The van der Waals surface area contributed by atoms with Crippen molar-refractivity contribution in [3.63, 3.8) is 0 Å². The van der Waals surface area contributed by atoms with Crippen molar-refractivity contribution in [3.8, 4) is 0 Å². The van der Waals surface area contributed by atoms with Gasteiger partial charge in [-0.05, 0) is 36.4 Å². The first-order chi connectivity index (χ1) is 12.5. The Labute approximate surface area is 154 Å². The molecule has 0 spiro atoms. The van der Waals surface area contributed by atoms with E-state index >= 15 is 0 Å². The summed E-state index contributed by atoms with van der Waals surface area (Å²) in [4.78, 5) is 10.4. The van der Waals surface area contributed by atoms with Crippen LogP contribution in [0.5, 0.6) is 0 Å². The minimum absolute atomic E-state index is 0.122. The summed E-state index contributed by atoms with van der Waals surface area (Å²) in [5.74, 6) is 0.318. The Morgan fingerprint density at radius 1 is 1.15 bits per heavy atom. The zero-order valence-electron chi connectivity index (χ0n) is 13.8. The Bertz CT molecular complexity index is 1020. The van der Waals surface area contributed by atoms with Gasteiger partial charge in [0, 0.05) is 24.5 Å². The minimum atomic E-state index is -3.46. The number of para-hydroxylation sites is 1. The fraction of sp³-hybridized carbons (Fsp3) is 0.294. The smallest absolute Gasteiger partial charge is 0.250 e. The number of nitrogens with zero attached hydrogens (tertiary/aromatic N) is 3. The van der Waals surface area contributed by atoms with Crippen LogP contribution in [0, 0.1) is 5.82 Å². The van der Waals surface area contributed by atoms with Crippen LogP contribution < -0.4 is 9.62 Å². The minimum Gasteiger partial charge on any atom is -0.356 e. The Morgan fingerprint density at radius 2 is 1.96 bits per heavy atom. The number of benzene rings is 1. The molecular formula is C17H17FN4O2S2. The van der Waals surface area contributed by atoms with Crippen LogP contribution in [0.25, 0.3) is 10.9 Å². The molecule has 0 unspecified atom stereocenters. The molecule has 0 saturated carbocycles. The van der Waals surface area contributed by atoms with Gasteiger partial charge >= 0.3 is 0 Å². The van der Waals surface area contributed by atoms with Gasteiger partial charge in [-0.25, -0.2) is 27.5 Å². The molecule has 1 aliphatic heterocycles. The molecule has 3 heterocycles. The lowest BCUT2D eigenvalue weighted by Gasteiger charge is -2.33. The van der Waals surface area contributed by atoms with Crippen LogP contribution in [0.2, 0.25) is 0 Å². The highest BCUT2D eigenvalue weighted by Gasteiger charge is 2.26. The lowest BCUT2D eigenvalue weighted by Crippen LogP contribution is -2.44. The normalized spacial score (nSPS) is 16.3. The van der Waals surface area contributed by atoms with E-state index in [9.17, 15) is 12.8 Å². The molecule has 1 aliphatic rings. The molecule has 1 fully saturated rings. The van der Waals surface area contributed by atoms with Gasteiger partial charge in [-0.3, -0.25) is 0 Å². The molecule has 136 valence electrons. The van der Waals surface area contributed by atoms with E-state index in [1.165, 1.54) is 23.7 Å². The van der Waals surface area contributed by atoms with Crippen molar-refractivity contribution >= 4 is 38.1 Å². The molecule has 1 saturated heterocycles. The number of fused-ring (bicyclic) bond motifs is 1. The van der Waals surface area contributed by atoms with E-state index in [0.29, 0.717) is 46.9 Å². The Kier molecular flexibility index (Phi) is 4.60. The van der Waals surface area contributed by atoms with Gasteiger partial charge in [0.1, 0.15) is 27.7 Å². The molecule has 9 heteroatoms. The van der Waals surface area contributed by atoms with Crippen LogP contribution in [-0.4, -0.2) is 37.5 Å². The largest absolute Gasteiger partial charge is 0.356 e. The summed E-state index contributed by atoms with van der Waals surface area (Å²) in [5.41, 5.74) is 0.304. The fourth-order valence-electron chi connectivity index (χ4n) is 3.19. The van der Waals surface area contributed by atoms with Gasteiger partial charge in [0.05, 0.1) is 0 Å². The van der Waals surface area contributed by atoms with Gasteiger partial charge in [-0.2, -0.15) is 0 Å². The first kappa shape index (κ1) is 17.3. The topological polar surface area (TPSA) is 75.2 Å². The first-order valence-electron chi connectivity index (χ1n) is 8.24. The summed E-state index contributed by atoms with van der Waals surface area (Å²) >= 11 is 1.21. The Morgan fingerprint density at radius 3 is 2.69 bits per heavy atom. The zero-order valence-corrected chi connectivity index (χ0v) is 15.4. The average Bonchev–Trinajstić information content (AvgIpc) is 3.18. The van der Waals surface area contributed by atoms with Gasteiger partial charge in [0.25, 0.3) is 0 Å². The summed E-state index contributed by atoms with van der Waals surface area (Å²) < 4.78 is 41.7. The summed E-state index contributed by atoms with van der Waals surface area (Å²) in [6, 6.07) is 8.03. The molecule has 0 radical (unpaired) electrons. The third kappa shape index (κ3) is 3.29. The Hall–Kier alpha value is -2.10. The second-order valence-electron chi connectivity index (χ2n) is 6.15. The number of hydrogen-bond acceptors (Lipinski definition) is 6. The molecule has 3 aromatic rings. The second kappa shape index (κ2) is 6.90. The molecule has 2 aromatic heterocycles. The van der Waals surface area contributed by atoms with E-state index in [-0.39, 0.29) is 11.9 Å². The highest BCUT2D eigenvalue weighted by molar-refractivity contribution is 7.91. The number of piperidine rings is 1. The van der Waals surface area contributed by atoms with Gasteiger partial charge < -0.3 is 4.90 Å². The van der Waals surface area contributed by atoms with Gasteiger partial charge in [0.15, 0.2) is 0 Å². The van der Waals surface area contributed by atoms with Crippen molar-refractivity contribution < 1.29 is 12.8 Å². The molecule has 0 bridgehead atoms. The van der Waals surface area contributed by atoms with Crippen LogP contribution in [0.3, 0.4) is 0 Å². The maximum absolute atomic E-state index is 13.9. The van der Waals surface area contributed by atoms with Crippen molar-refractivity contribution in [1.82, 2.24) is 14.7 Å². The van der Waals surface area contributed by atoms with E-state index in [1.807, 2.05) is 0 Å². The first-order valence-corrected chi connectivity index (χ1v) is 10.6. The predicted molar refractivity (Wildman–Crippen MR) is 99.4 cm³/mol. The van der Waals surface area contributed by atoms with Crippen molar-refractivity contribution in [2.24, 2.45) is 0 Å². The molecular weight excluding hydrogens is 375 g/mol. The van der Waals surface area contributed by atoms with Crippen LogP contribution in [0.4, 0.5) is 10.2 Å². The predicted octanol–water partition coefficient (Wildman–Crippen LogP) is 2.78. The molecule has 0 amide bonds. The Balaban J connectivity index is 1.49. The van der Waals surface area contributed by atoms with Crippen molar-refractivity contribution in [2.75, 3.05) is 18.0 Å². The van der Waals surface area contributed by atoms with E-state index in [0.717, 1.165) is 0 Å². The third-order valence-electron chi connectivity index (χ3n) is 4.47. The number of halogens is 1. The van der Waals surface area contributed by atoms with E-state index in [2.05, 4.69) is 19.6 Å². The lowest BCUT2D eigenvalue weighted by molar-refractivity contribution is 0.459. The van der Waals surface area contributed by atoms with Crippen LogP contribution in [0.15, 0.2) is 46.2 Å². The standard InChI is InChI=1S/C17H17FN4O2S2/c18-14-4-1-3-13-16(14)19-11-20-17(13)22-8-6-12(7-9-22)21-26(23,24)15-5-2-10-25-15/h1-5,10-12,21H,6-9H2. The van der Waals surface area contributed by atoms with Gasteiger partial charge in [-0.1, -0.05) is 12.1 Å². The number of aromatic nitrogens is 2. The van der Waals surface area contributed by atoms with Gasteiger partial charge in [-0.15, -0.1) is 11.3 Å². The number of nitrogens with one attached hydrogen (secondary N) is 1. The van der Waals surface area contributed by atoms with E-state index in [1.54, 1.807) is 29.6 Å². The molecule has 1 aromatic carbocycles. The zero-order chi connectivity index (χ0) is 18.1. The number of anilines is 1. The molecule has 6 nitrogen and oxygen atoms in total. The molecule has 26 heavy (non-hydrogen) atoms. The summed E-state index contributed by atoms with van der Waals surface area (Å²) in [6.07, 6.45) is 2.68. The summed E-state index contributed by atoms with van der Waals surface area (Å²) in [6.45, 7) is 1.28. The second-order valence-corrected chi connectivity index (χ2v) is 9.04. The summed E-state index contributed by atoms with van der Waals surface area (Å²) in [5, 5.41) is 2.42. The summed E-state index contributed by atoms with van der Waals surface area (Å²) in [7, 11) is -3.46. The number of thiophene rings is 1. The molecule has 0 aliphatic carbocycles. The van der Waals surface area contributed by atoms with Gasteiger partial charge in [0.2, 0.25) is 10.0 Å². The van der Waals surface area contributed by atoms with E-state index < -0.39 is 10.0 Å². The number of hydrogen-bond donors (Lipinski definition) is 1. The highest BCUT2D eigenvalue weighted by atomic mass is 32.2. The SMILES string of the molecule is O=S(=O)(NC1CCN(c2ncnc3c(F)cccc23)CC1)c1cccs1. The lowest BCUT2D eigenvalue weighted by atomic mass is 10.1. The maximum Gasteiger partial charge on any atom is 0.250 e. The van der Waals surface area contributed by atoms with Crippen molar-refractivity contribution in [3.05, 3.63) is 47.9 Å². The monoisotopic (exact) mass is 392 g/mol. The fourth-order valence-corrected chi connectivity index (χ4v) is 5.51. The molecule has 4 rings (SSSR count).